The maximum Gasteiger partial charge on any atom is 0.302 e. The van der Waals surface area contributed by atoms with E-state index in [9.17, 15) is 9.59 Å². The van der Waals surface area contributed by atoms with Gasteiger partial charge in [0.15, 0.2) is 0 Å². The van der Waals surface area contributed by atoms with Crippen LogP contribution in [0.2, 0.25) is 0 Å². The summed E-state index contributed by atoms with van der Waals surface area (Å²) in [7, 11) is 0. The highest BCUT2D eigenvalue weighted by Crippen LogP contribution is 2.31. The average Bonchev–Trinajstić information content (AvgIpc) is 2.78. The number of fused-ring (bicyclic) bond motifs is 1. The lowest BCUT2D eigenvalue weighted by Crippen LogP contribution is -2.35. The molecule has 0 aromatic rings. The summed E-state index contributed by atoms with van der Waals surface area (Å²) in [5, 5.41) is 0. The van der Waals surface area contributed by atoms with Gasteiger partial charge < -0.3 is 9.47 Å². The standard InChI is InChI=1S/C12H17NO4/c1-8(14)16-7-10-3-5-13-6-4-11(12(10)13)17-9(2)15/h3,11-12H,4-7H2,1-2H3. The van der Waals surface area contributed by atoms with Crippen molar-refractivity contribution in [2.75, 3.05) is 19.7 Å². The Balaban J connectivity index is 1.99. The topological polar surface area (TPSA) is 55.8 Å². The van der Waals surface area contributed by atoms with Crippen molar-refractivity contribution >= 4 is 11.9 Å². The van der Waals surface area contributed by atoms with Crippen molar-refractivity contribution in [3.8, 4) is 0 Å². The molecular formula is C12H17NO4. The van der Waals surface area contributed by atoms with E-state index in [0.717, 1.165) is 25.1 Å². The first-order chi connectivity index (χ1) is 8.08. The highest BCUT2D eigenvalue weighted by molar-refractivity contribution is 5.67. The third-order valence-corrected chi connectivity index (χ3v) is 3.17. The van der Waals surface area contributed by atoms with Crippen LogP contribution in [0.3, 0.4) is 0 Å². The molecule has 5 heteroatoms. The van der Waals surface area contributed by atoms with Crippen LogP contribution in [0.5, 0.6) is 0 Å². The van der Waals surface area contributed by atoms with Gasteiger partial charge in [0, 0.05) is 26.9 Å². The highest BCUT2D eigenvalue weighted by Gasteiger charge is 2.41. The fourth-order valence-corrected chi connectivity index (χ4v) is 2.52. The Bertz CT molecular complexity index is 364. The fourth-order valence-electron chi connectivity index (χ4n) is 2.52. The summed E-state index contributed by atoms with van der Waals surface area (Å²) in [6.07, 6.45) is 2.81. The molecule has 0 spiro atoms. The quantitative estimate of drug-likeness (QED) is 0.530. The van der Waals surface area contributed by atoms with Crippen LogP contribution in [0, 0.1) is 0 Å². The lowest BCUT2D eigenvalue weighted by atomic mass is 10.1. The molecule has 0 amide bonds. The van der Waals surface area contributed by atoms with E-state index < -0.39 is 0 Å². The molecule has 2 aliphatic heterocycles. The molecule has 0 aromatic carbocycles. The van der Waals surface area contributed by atoms with Crippen molar-refractivity contribution in [2.45, 2.75) is 32.4 Å². The second-order valence-corrected chi connectivity index (χ2v) is 4.44. The summed E-state index contributed by atoms with van der Waals surface area (Å²) in [5.41, 5.74) is 1.05. The molecule has 1 saturated heterocycles. The summed E-state index contributed by atoms with van der Waals surface area (Å²) in [6, 6.07) is 0.0956. The van der Waals surface area contributed by atoms with Crippen molar-refractivity contribution in [1.82, 2.24) is 4.90 Å². The van der Waals surface area contributed by atoms with E-state index >= 15 is 0 Å². The number of carbonyl (C=O) groups excluding carboxylic acids is 2. The van der Waals surface area contributed by atoms with Gasteiger partial charge in [0.1, 0.15) is 12.7 Å². The lowest BCUT2D eigenvalue weighted by Gasteiger charge is -2.23. The van der Waals surface area contributed by atoms with Crippen molar-refractivity contribution in [3.05, 3.63) is 11.6 Å². The van der Waals surface area contributed by atoms with E-state index in [1.54, 1.807) is 0 Å². The molecule has 17 heavy (non-hydrogen) atoms. The van der Waals surface area contributed by atoms with Gasteiger partial charge in [-0.25, -0.2) is 0 Å². The maximum atomic E-state index is 11.0. The van der Waals surface area contributed by atoms with Crippen LogP contribution in [0.15, 0.2) is 11.6 Å². The van der Waals surface area contributed by atoms with E-state index in [-0.39, 0.29) is 24.1 Å². The molecule has 2 rings (SSSR count). The smallest absolute Gasteiger partial charge is 0.302 e. The molecule has 0 aliphatic carbocycles. The zero-order chi connectivity index (χ0) is 12.4. The van der Waals surface area contributed by atoms with Crippen LogP contribution >= 0.6 is 0 Å². The van der Waals surface area contributed by atoms with Gasteiger partial charge in [0.25, 0.3) is 0 Å². The first-order valence-electron chi connectivity index (χ1n) is 5.81. The zero-order valence-electron chi connectivity index (χ0n) is 10.1. The third-order valence-electron chi connectivity index (χ3n) is 3.17. The first-order valence-corrected chi connectivity index (χ1v) is 5.81. The van der Waals surface area contributed by atoms with Gasteiger partial charge in [0.2, 0.25) is 0 Å². The largest absolute Gasteiger partial charge is 0.461 e. The Kier molecular flexibility index (Phi) is 3.47. The highest BCUT2D eigenvalue weighted by atomic mass is 16.5. The Hall–Kier alpha value is -1.36. The summed E-state index contributed by atoms with van der Waals surface area (Å²) in [4.78, 5) is 24.1. The lowest BCUT2D eigenvalue weighted by molar-refractivity contribution is -0.147. The van der Waals surface area contributed by atoms with Gasteiger partial charge in [-0.05, 0) is 12.0 Å². The van der Waals surface area contributed by atoms with E-state index in [1.807, 2.05) is 0 Å². The predicted molar refractivity (Wildman–Crippen MR) is 60.2 cm³/mol. The zero-order valence-corrected chi connectivity index (χ0v) is 10.1. The van der Waals surface area contributed by atoms with Crippen molar-refractivity contribution in [3.63, 3.8) is 0 Å². The second kappa shape index (κ2) is 4.87. The van der Waals surface area contributed by atoms with Gasteiger partial charge in [0.05, 0.1) is 6.04 Å². The number of nitrogens with zero attached hydrogens (tertiary/aromatic N) is 1. The van der Waals surface area contributed by atoms with Gasteiger partial charge in [-0.3, -0.25) is 14.5 Å². The predicted octanol–water partition coefficient (Wildman–Crippen LogP) is 0.495. The SMILES string of the molecule is CC(=O)OCC1=CCN2CCC(OC(C)=O)C12. The van der Waals surface area contributed by atoms with E-state index in [2.05, 4.69) is 11.0 Å². The van der Waals surface area contributed by atoms with Gasteiger partial charge in [-0.2, -0.15) is 0 Å². The molecule has 2 aliphatic rings. The van der Waals surface area contributed by atoms with E-state index in [4.69, 9.17) is 9.47 Å². The second-order valence-electron chi connectivity index (χ2n) is 4.44. The molecule has 0 aromatic heterocycles. The van der Waals surface area contributed by atoms with E-state index in [1.165, 1.54) is 13.8 Å². The normalized spacial score (nSPS) is 27.5. The summed E-state index contributed by atoms with van der Waals surface area (Å²) in [6.45, 7) is 4.88. The minimum absolute atomic E-state index is 0.0956. The summed E-state index contributed by atoms with van der Waals surface area (Å²) < 4.78 is 10.3. The van der Waals surface area contributed by atoms with Crippen LogP contribution in [-0.2, 0) is 19.1 Å². The van der Waals surface area contributed by atoms with Crippen molar-refractivity contribution in [2.24, 2.45) is 0 Å². The number of hydrogen-bond acceptors (Lipinski definition) is 5. The van der Waals surface area contributed by atoms with Crippen LogP contribution in [0.1, 0.15) is 20.3 Å². The molecular weight excluding hydrogens is 222 g/mol. The Morgan fingerprint density at radius 1 is 1.41 bits per heavy atom. The molecule has 5 nitrogen and oxygen atoms in total. The van der Waals surface area contributed by atoms with E-state index in [0.29, 0.717) is 6.61 Å². The molecule has 0 N–H and O–H groups in total. The van der Waals surface area contributed by atoms with Gasteiger partial charge >= 0.3 is 11.9 Å². The van der Waals surface area contributed by atoms with Crippen LogP contribution < -0.4 is 0 Å². The third kappa shape index (κ3) is 2.66. The fraction of sp³-hybridized carbons (Fsp3) is 0.667. The van der Waals surface area contributed by atoms with Crippen molar-refractivity contribution in [1.29, 1.82) is 0 Å². The number of rotatable bonds is 3. The summed E-state index contributed by atoms with van der Waals surface area (Å²) in [5.74, 6) is -0.540. The molecule has 94 valence electrons. The molecule has 2 unspecified atom stereocenters. The molecule has 0 saturated carbocycles. The monoisotopic (exact) mass is 239 g/mol. The maximum absolute atomic E-state index is 11.0. The number of ether oxygens (including phenoxy) is 2. The number of esters is 2. The number of hydrogen-bond donors (Lipinski definition) is 0. The number of carbonyl (C=O) groups is 2. The molecule has 0 radical (unpaired) electrons. The first kappa shape index (κ1) is 12.1. The minimum Gasteiger partial charge on any atom is -0.461 e. The van der Waals surface area contributed by atoms with Crippen LogP contribution in [0.25, 0.3) is 0 Å². The molecule has 1 fully saturated rings. The molecule has 2 heterocycles. The van der Waals surface area contributed by atoms with Crippen LogP contribution in [-0.4, -0.2) is 48.7 Å². The van der Waals surface area contributed by atoms with Crippen molar-refractivity contribution < 1.29 is 19.1 Å². The van der Waals surface area contributed by atoms with Crippen LogP contribution in [0.4, 0.5) is 0 Å². The Morgan fingerprint density at radius 2 is 2.18 bits per heavy atom. The molecule has 2 atom stereocenters. The average molecular weight is 239 g/mol. The minimum atomic E-state index is -0.286. The Labute approximate surface area is 100 Å². The van der Waals surface area contributed by atoms with Gasteiger partial charge in [-0.1, -0.05) is 6.08 Å². The summed E-state index contributed by atoms with van der Waals surface area (Å²) >= 11 is 0. The molecule has 0 bridgehead atoms. The Morgan fingerprint density at radius 3 is 2.82 bits per heavy atom. The van der Waals surface area contributed by atoms with Gasteiger partial charge in [-0.15, -0.1) is 0 Å².